The van der Waals surface area contributed by atoms with Crippen molar-refractivity contribution in [2.45, 2.75) is 31.1 Å². The van der Waals surface area contributed by atoms with Crippen LogP contribution in [-0.2, 0) is 4.79 Å². The lowest BCUT2D eigenvalue weighted by Crippen LogP contribution is -2.29. The van der Waals surface area contributed by atoms with E-state index in [1.165, 1.54) is 16.7 Å². The number of nitrogens with one attached hydrogen (secondary N) is 1. The molecule has 0 spiro atoms. The lowest BCUT2D eigenvalue weighted by atomic mass is 10.1. The summed E-state index contributed by atoms with van der Waals surface area (Å²) in [4.78, 5) is 38.6. The molecule has 3 rings (SSSR count). The number of fused-ring (bicyclic) bond motifs is 1. The van der Waals surface area contributed by atoms with Gasteiger partial charge in [0, 0.05) is 17.0 Å². The molecule has 6 heteroatoms. The van der Waals surface area contributed by atoms with Crippen LogP contribution in [0.15, 0.2) is 53.4 Å². The number of thioether (sulfide) groups is 1. The molecule has 134 valence electrons. The van der Waals surface area contributed by atoms with Gasteiger partial charge in [-0.05, 0) is 42.8 Å². The van der Waals surface area contributed by atoms with Crippen molar-refractivity contribution >= 4 is 35.2 Å². The predicted molar refractivity (Wildman–Crippen MR) is 102 cm³/mol. The van der Waals surface area contributed by atoms with Gasteiger partial charge in [-0.25, -0.2) is 0 Å². The number of anilines is 1. The van der Waals surface area contributed by atoms with Gasteiger partial charge in [-0.3, -0.25) is 19.3 Å². The maximum absolute atomic E-state index is 12.3. The van der Waals surface area contributed by atoms with E-state index in [2.05, 4.69) is 5.32 Å². The molecule has 26 heavy (non-hydrogen) atoms. The summed E-state index contributed by atoms with van der Waals surface area (Å²) < 4.78 is 0. The van der Waals surface area contributed by atoms with Crippen LogP contribution in [-0.4, -0.2) is 28.5 Å². The molecule has 0 bridgehead atoms. The van der Waals surface area contributed by atoms with Crippen molar-refractivity contribution in [3.8, 4) is 0 Å². The largest absolute Gasteiger partial charge is 0.326 e. The summed E-state index contributed by atoms with van der Waals surface area (Å²) in [6.07, 6.45) is 2.38. The molecule has 0 atom stereocenters. The minimum Gasteiger partial charge on any atom is -0.326 e. The SMILES string of the molecule is CCCCC(=O)Nc1ccc(SCN2C(=O)c3ccccc3C2=O)cc1. The van der Waals surface area contributed by atoms with E-state index in [1.807, 2.05) is 31.2 Å². The molecular weight excluding hydrogens is 348 g/mol. The molecule has 0 radical (unpaired) electrons. The molecule has 5 nitrogen and oxygen atoms in total. The summed E-state index contributed by atoms with van der Waals surface area (Å²) in [6, 6.07) is 14.3. The lowest BCUT2D eigenvalue weighted by Gasteiger charge is -2.13. The van der Waals surface area contributed by atoms with Crippen LogP contribution in [0.1, 0.15) is 46.9 Å². The third kappa shape index (κ3) is 3.96. The van der Waals surface area contributed by atoms with Crippen LogP contribution in [0.3, 0.4) is 0 Å². The summed E-state index contributed by atoms with van der Waals surface area (Å²) in [5, 5.41) is 2.86. The fourth-order valence-electron chi connectivity index (χ4n) is 2.69. The van der Waals surface area contributed by atoms with Crippen LogP contribution in [0, 0.1) is 0 Å². The van der Waals surface area contributed by atoms with Gasteiger partial charge in [0.2, 0.25) is 5.91 Å². The van der Waals surface area contributed by atoms with E-state index in [9.17, 15) is 14.4 Å². The molecule has 0 fully saturated rings. The number of carbonyl (C=O) groups excluding carboxylic acids is 3. The maximum Gasteiger partial charge on any atom is 0.262 e. The van der Waals surface area contributed by atoms with Gasteiger partial charge < -0.3 is 5.32 Å². The van der Waals surface area contributed by atoms with Gasteiger partial charge in [0.05, 0.1) is 17.0 Å². The number of rotatable bonds is 7. The zero-order valence-corrected chi connectivity index (χ0v) is 15.3. The smallest absolute Gasteiger partial charge is 0.262 e. The molecule has 2 aromatic rings. The van der Waals surface area contributed by atoms with Crippen molar-refractivity contribution in [1.82, 2.24) is 4.90 Å². The zero-order chi connectivity index (χ0) is 18.5. The first kappa shape index (κ1) is 18.2. The Bertz CT molecular complexity index is 798. The average molecular weight is 368 g/mol. The molecule has 1 aliphatic heterocycles. The molecule has 0 aromatic heterocycles. The molecule has 0 unspecified atom stereocenters. The maximum atomic E-state index is 12.3. The number of carbonyl (C=O) groups is 3. The van der Waals surface area contributed by atoms with E-state index in [0.29, 0.717) is 17.5 Å². The Balaban J connectivity index is 1.57. The normalized spacial score (nSPS) is 13.0. The van der Waals surface area contributed by atoms with Gasteiger partial charge >= 0.3 is 0 Å². The Morgan fingerprint density at radius 2 is 1.62 bits per heavy atom. The van der Waals surface area contributed by atoms with Crippen molar-refractivity contribution in [2.75, 3.05) is 11.2 Å². The second-order valence-corrected chi connectivity index (χ2v) is 7.05. The number of imide groups is 1. The molecule has 1 N–H and O–H groups in total. The quantitative estimate of drug-likeness (QED) is 0.589. The molecule has 0 saturated carbocycles. The summed E-state index contributed by atoms with van der Waals surface area (Å²) in [5.74, 6) is -0.233. The van der Waals surface area contributed by atoms with Crippen molar-refractivity contribution < 1.29 is 14.4 Å². The van der Waals surface area contributed by atoms with Crippen molar-refractivity contribution in [3.05, 3.63) is 59.7 Å². The molecule has 3 amide bonds. The predicted octanol–water partition coefficient (Wildman–Crippen LogP) is 4.16. The number of amides is 3. The third-order valence-electron chi connectivity index (χ3n) is 4.13. The molecule has 1 heterocycles. The van der Waals surface area contributed by atoms with Crippen LogP contribution in [0.4, 0.5) is 5.69 Å². The van der Waals surface area contributed by atoms with E-state index in [4.69, 9.17) is 0 Å². The summed E-state index contributed by atoms with van der Waals surface area (Å²) in [5.41, 5.74) is 1.67. The number of nitrogens with zero attached hydrogens (tertiary/aromatic N) is 1. The Morgan fingerprint density at radius 1 is 1.00 bits per heavy atom. The first-order valence-electron chi connectivity index (χ1n) is 8.58. The number of hydrogen-bond donors (Lipinski definition) is 1. The van der Waals surface area contributed by atoms with Crippen LogP contribution in [0.5, 0.6) is 0 Å². The van der Waals surface area contributed by atoms with E-state index in [0.717, 1.165) is 23.4 Å². The fraction of sp³-hybridized carbons (Fsp3) is 0.250. The second-order valence-electron chi connectivity index (χ2n) is 6.03. The van der Waals surface area contributed by atoms with E-state index in [1.54, 1.807) is 24.3 Å². The lowest BCUT2D eigenvalue weighted by molar-refractivity contribution is -0.116. The third-order valence-corrected chi connectivity index (χ3v) is 5.13. The second kappa shape index (κ2) is 8.19. The van der Waals surface area contributed by atoms with Gasteiger partial charge in [-0.1, -0.05) is 25.5 Å². The highest BCUT2D eigenvalue weighted by Crippen LogP contribution is 2.27. The van der Waals surface area contributed by atoms with E-state index >= 15 is 0 Å². The number of benzene rings is 2. The monoisotopic (exact) mass is 368 g/mol. The van der Waals surface area contributed by atoms with Gasteiger partial charge in [0.1, 0.15) is 0 Å². The standard InChI is InChI=1S/C20H20N2O3S/c1-2-3-8-18(23)21-14-9-11-15(12-10-14)26-13-22-19(24)16-6-4-5-7-17(16)20(22)25/h4-7,9-12H,2-3,8,13H2,1H3,(H,21,23). The van der Waals surface area contributed by atoms with E-state index < -0.39 is 0 Å². The van der Waals surface area contributed by atoms with Crippen molar-refractivity contribution in [3.63, 3.8) is 0 Å². The van der Waals surface area contributed by atoms with Crippen LogP contribution in [0.2, 0.25) is 0 Å². The first-order valence-corrected chi connectivity index (χ1v) is 9.56. The summed E-state index contributed by atoms with van der Waals surface area (Å²) in [7, 11) is 0. The number of unbranched alkanes of at least 4 members (excludes halogenated alkanes) is 1. The molecule has 2 aromatic carbocycles. The van der Waals surface area contributed by atoms with Gasteiger partial charge in [-0.15, -0.1) is 11.8 Å². The molecule has 0 aliphatic carbocycles. The minimum absolute atomic E-state index is 0.0123. The highest BCUT2D eigenvalue weighted by atomic mass is 32.2. The summed E-state index contributed by atoms with van der Waals surface area (Å²) in [6.45, 7) is 2.05. The van der Waals surface area contributed by atoms with Gasteiger partial charge in [0.15, 0.2) is 0 Å². The van der Waals surface area contributed by atoms with Gasteiger partial charge in [-0.2, -0.15) is 0 Å². The van der Waals surface area contributed by atoms with Crippen molar-refractivity contribution in [2.24, 2.45) is 0 Å². The average Bonchev–Trinajstić information content (AvgIpc) is 2.90. The Kier molecular flexibility index (Phi) is 5.73. The fourth-order valence-corrected chi connectivity index (χ4v) is 3.53. The summed E-state index contributed by atoms with van der Waals surface area (Å²) >= 11 is 1.41. The molecule has 1 aliphatic rings. The van der Waals surface area contributed by atoms with Crippen LogP contribution >= 0.6 is 11.8 Å². The topological polar surface area (TPSA) is 66.5 Å². The Labute approximate surface area is 156 Å². The minimum atomic E-state index is -0.252. The zero-order valence-electron chi connectivity index (χ0n) is 14.5. The first-order chi connectivity index (χ1) is 12.6. The number of hydrogen-bond acceptors (Lipinski definition) is 4. The Hall–Kier alpha value is -2.60. The highest BCUT2D eigenvalue weighted by molar-refractivity contribution is 7.99. The van der Waals surface area contributed by atoms with Crippen molar-refractivity contribution in [1.29, 1.82) is 0 Å². The molecule has 0 saturated heterocycles. The van der Waals surface area contributed by atoms with E-state index in [-0.39, 0.29) is 23.6 Å². The Morgan fingerprint density at radius 3 is 2.19 bits per heavy atom. The highest BCUT2D eigenvalue weighted by Gasteiger charge is 2.34. The van der Waals surface area contributed by atoms with Crippen LogP contribution < -0.4 is 5.32 Å². The van der Waals surface area contributed by atoms with Crippen LogP contribution in [0.25, 0.3) is 0 Å². The molecular formula is C20H20N2O3S. The van der Waals surface area contributed by atoms with Gasteiger partial charge in [0.25, 0.3) is 11.8 Å².